The zero-order valence-corrected chi connectivity index (χ0v) is 36.3. The van der Waals surface area contributed by atoms with Crippen LogP contribution in [0.1, 0.15) is 87.6 Å². The Labute approximate surface area is 372 Å². The number of cyclic esters (lactones) is 1. The van der Waals surface area contributed by atoms with Gasteiger partial charge in [0.1, 0.15) is 31.0 Å². The minimum Gasteiger partial charge on any atom is -0.481 e. The number of amides is 5. The Bertz CT molecular complexity index is 2610. The molecule has 4 heterocycles. The molecule has 0 radical (unpaired) electrons. The molecule has 20 nitrogen and oxygen atoms in total. The van der Waals surface area contributed by atoms with Crippen LogP contribution in [0.3, 0.4) is 0 Å². The normalized spacial score (nSPS) is 15.7. The Kier molecular flexibility index (Phi) is 14.5. The van der Waals surface area contributed by atoms with Crippen molar-refractivity contribution in [3.05, 3.63) is 86.7 Å². The molecule has 4 aromatic rings. The fourth-order valence-electron chi connectivity index (χ4n) is 7.84. The Hall–Kier alpha value is -7.35. The number of benzene rings is 2. The molecule has 344 valence electrons. The summed E-state index contributed by atoms with van der Waals surface area (Å²) in [5.74, 6) is -4.08. The van der Waals surface area contributed by atoms with Gasteiger partial charge in [-0.05, 0) is 79.1 Å². The van der Waals surface area contributed by atoms with Crippen molar-refractivity contribution in [2.75, 3.05) is 11.9 Å². The molecule has 3 atom stereocenters. The molecule has 20 heteroatoms. The third kappa shape index (κ3) is 10.5. The van der Waals surface area contributed by atoms with Crippen LogP contribution in [0.25, 0.3) is 22.3 Å². The highest BCUT2D eigenvalue weighted by Crippen LogP contribution is 2.41. The van der Waals surface area contributed by atoms with E-state index in [1.807, 2.05) is 6.92 Å². The van der Waals surface area contributed by atoms with Gasteiger partial charge >= 0.3 is 24.1 Å². The van der Waals surface area contributed by atoms with Gasteiger partial charge in [-0.3, -0.25) is 24.0 Å². The van der Waals surface area contributed by atoms with Crippen LogP contribution in [0.5, 0.6) is 5.75 Å². The summed E-state index contributed by atoms with van der Waals surface area (Å²) < 4.78 is 17.7. The number of nitrogens with one attached hydrogen (secondary N) is 4. The number of anilines is 1. The van der Waals surface area contributed by atoms with E-state index in [4.69, 9.17) is 30.0 Å². The summed E-state index contributed by atoms with van der Waals surface area (Å²) in [6.07, 6.45) is -0.817. The van der Waals surface area contributed by atoms with E-state index >= 15 is 0 Å². The Morgan fingerprint density at radius 3 is 2.37 bits per heavy atom. The average Bonchev–Trinajstić information content (AvgIpc) is 3.64. The number of nitrogens with two attached hydrogens (primary N) is 1. The van der Waals surface area contributed by atoms with Crippen LogP contribution in [0.15, 0.2) is 53.3 Å². The molecular formula is C45H51N7O13. The van der Waals surface area contributed by atoms with Gasteiger partial charge in [0.2, 0.25) is 17.7 Å². The van der Waals surface area contributed by atoms with Gasteiger partial charge in [-0.25, -0.2) is 19.4 Å². The van der Waals surface area contributed by atoms with Crippen molar-refractivity contribution in [2.45, 2.75) is 104 Å². The first-order chi connectivity index (χ1) is 30.9. The summed E-state index contributed by atoms with van der Waals surface area (Å²) >= 11 is 0. The van der Waals surface area contributed by atoms with E-state index in [1.165, 1.54) is 0 Å². The number of hydrogen-bond acceptors (Lipinski definition) is 13. The van der Waals surface area contributed by atoms with Crippen LogP contribution in [0.4, 0.5) is 15.3 Å². The number of aryl methyl sites for hydroxylation is 1. The molecule has 0 aliphatic carbocycles. The van der Waals surface area contributed by atoms with Gasteiger partial charge in [0.15, 0.2) is 5.60 Å². The fourth-order valence-corrected chi connectivity index (χ4v) is 7.84. The van der Waals surface area contributed by atoms with E-state index in [0.717, 1.165) is 11.1 Å². The zero-order valence-electron chi connectivity index (χ0n) is 36.3. The van der Waals surface area contributed by atoms with E-state index in [2.05, 4.69) is 21.3 Å². The summed E-state index contributed by atoms with van der Waals surface area (Å²) in [5, 5.41) is 31.2. The van der Waals surface area contributed by atoms with Crippen LogP contribution in [-0.2, 0) is 65.2 Å². The molecule has 2 aliphatic heterocycles. The molecule has 0 bridgehead atoms. The van der Waals surface area contributed by atoms with Crippen LogP contribution >= 0.6 is 0 Å². The van der Waals surface area contributed by atoms with Crippen molar-refractivity contribution < 1.29 is 58.0 Å². The van der Waals surface area contributed by atoms with Gasteiger partial charge in [-0.15, -0.1) is 0 Å². The first-order valence-electron chi connectivity index (χ1n) is 21.2. The number of aliphatic hydroxyl groups is 1. The van der Waals surface area contributed by atoms with E-state index in [-0.39, 0.29) is 74.4 Å². The van der Waals surface area contributed by atoms with Gasteiger partial charge in [-0.1, -0.05) is 39.8 Å². The summed E-state index contributed by atoms with van der Waals surface area (Å²) in [4.78, 5) is 105. The lowest BCUT2D eigenvalue weighted by atomic mass is 9.86. The van der Waals surface area contributed by atoms with E-state index in [9.17, 15) is 43.5 Å². The molecule has 2 aromatic carbocycles. The second-order valence-electron chi connectivity index (χ2n) is 16.1. The number of carboxylic acid groups (broad SMARTS) is 1. The quantitative estimate of drug-likeness (QED) is 0.0378. The fraction of sp³-hybridized carbons (Fsp3) is 0.400. The predicted molar refractivity (Wildman–Crippen MR) is 232 cm³/mol. The summed E-state index contributed by atoms with van der Waals surface area (Å²) in [6, 6.07) is 9.99. The average molecular weight is 898 g/mol. The number of hydrogen-bond donors (Lipinski definition) is 7. The highest BCUT2D eigenvalue weighted by atomic mass is 16.7. The molecule has 0 saturated heterocycles. The number of rotatable bonds is 18. The molecule has 2 aromatic heterocycles. The predicted octanol–water partition coefficient (Wildman–Crippen LogP) is 3.24. The number of urea groups is 1. The number of ether oxygens (including phenoxy) is 3. The number of carbonyl (C=O) groups excluding carboxylic acids is 6. The number of carbonyl (C=O) groups is 7. The molecule has 0 fully saturated rings. The lowest BCUT2D eigenvalue weighted by molar-refractivity contribution is -0.172. The standard InChI is InChI=1S/C45H51N7O13/c1-5-27-28-18-26(13-14-32(28)49-38-29(27)20-52-34(38)19-31-30(41(52)58)22-63-42(59)45(31,62)6-2)65-44(61)64-21-24-9-11-25(12-10-24)48-39(56)33(8-7-17-47-43(46)60)50-40(57)37(23(3)4)51-35(53)15-16-36(54)55/h9-14,18-19,23,33,37,62H,5-8,15-17,20-22H2,1-4H3,(H,48,56)(H,50,57)(H,51,53)(H,54,55)(H3,46,47,60)/t33-,37-,45-/m0/s1. The Balaban J connectivity index is 1.09. The van der Waals surface area contributed by atoms with Crippen LogP contribution in [0, 0.1) is 5.92 Å². The monoisotopic (exact) mass is 897 g/mol. The molecule has 2 aliphatic rings. The van der Waals surface area contributed by atoms with E-state index in [1.54, 1.807) is 73.9 Å². The zero-order chi connectivity index (χ0) is 47.2. The molecule has 6 rings (SSSR count). The molecule has 0 saturated carbocycles. The van der Waals surface area contributed by atoms with E-state index in [0.29, 0.717) is 40.0 Å². The molecule has 0 unspecified atom stereocenters. The molecule has 0 spiro atoms. The lowest BCUT2D eigenvalue weighted by Gasteiger charge is -2.31. The van der Waals surface area contributed by atoms with Crippen molar-refractivity contribution in [2.24, 2.45) is 11.7 Å². The molecule has 5 amide bonds. The summed E-state index contributed by atoms with van der Waals surface area (Å²) in [5.41, 5.74) is 7.45. The van der Waals surface area contributed by atoms with Gasteiger partial charge in [0, 0.05) is 35.2 Å². The Morgan fingerprint density at radius 1 is 0.969 bits per heavy atom. The van der Waals surface area contributed by atoms with Crippen LogP contribution < -0.4 is 37.3 Å². The number of primary amides is 1. The first-order valence-corrected chi connectivity index (χ1v) is 21.2. The minimum absolute atomic E-state index is 0.0238. The number of pyridine rings is 2. The maximum atomic E-state index is 13.7. The number of esters is 1. The third-order valence-electron chi connectivity index (χ3n) is 11.3. The van der Waals surface area contributed by atoms with Gasteiger partial charge in [0.05, 0.1) is 35.4 Å². The van der Waals surface area contributed by atoms with Crippen molar-refractivity contribution in [1.29, 1.82) is 0 Å². The Morgan fingerprint density at radius 2 is 1.71 bits per heavy atom. The van der Waals surface area contributed by atoms with E-state index < -0.39 is 71.9 Å². The minimum atomic E-state index is -1.95. The third-order valence-corrected chi connectivity index (χ3v) is 11.3. The SMILES string of the molecule is CCc1c2c(nc3ccc(OC(=O)OCc4ccc(NC(=O)[C@H](CCCNC(N)=O)NC(=O)[C@@H](NC(=O)CCC(=O)O)C(C)C)cc4)cc13)-c1cc3c(c(=O)n1C2)COC(=O)[C@]3(O)CC. The lowest BCUT2D eigenvalue weighted by Crippen LogP contribution is -2.54. The number of fused-ring (bicyclic) bond motifs is 5. The number of carboxylic acids is 1. The first kappa shape index (κ1) is 47.1. The molecule has 65 heavy (non-hydrogen) atoms. The number of aromatic nitrogens is 2. The highest BCUT2D eigenvalue weighted by molar-refractivity contribution is 5.98. The second-order valence-corrected chi connectivity index (χ2v) is 16.1. The smallest absolute Gasteiger partial charge is 0.481 e. The van der Waals surface area contributed by atoms with Crippen LogP contribution in [0.2, 0.25) is 0 Å². The van der Waals surface area contributed by atoms with Crippen molar-refractivity contribution >= 4 is 58.4 Å². The molecular weight excluding hydrogens is 847 g/mol. The number of nitrogens with zero attached hydrogens (tertiary/aromatic N) is 2. The summed E-state index contributed by atoms with van der Waals surface area (Å²) in [6.45, 7) is 6.87. The largest absolute Gasteiger partial charge is 0.514 e. The van der Waals surface area contributed by atoms with Crippen molar-refractivity contribution in [1.82, 2.24) is 25.5 Å². The summed E-state index contributed by atoms with van der Waals surface area (Å²) in [7, 11) is 0. The van der Waals surface area contributed by atoms with Crippen molar-refractivity contribution in [3.63, 3.8) is 0 Å². The van der Waals surface area contributed by atoms with Crippen LogP contribution in [-0.4, -0.2) is 80.2 Å². The van der Waals surface area contributed by atoms with Gasteiger partial charge < -0.3 is 56.0 Å². The maximum absolute atomic E-state index is 13.7. The topological polar surface area (TPSA) is 297 Å². The second kappa shape index (κ2) is 20.0. The maximum Gasteiger partial charge on any atom is 0.514 e. The number of aliphatic carboxylic acids is 1. The highest BCUT2D eigenvalue weighted by Gasteiger charge is 2.45. The van der Waals surface area contributed by atoms with Crippen molar-refractivity contribution in [3.8, 4) is 17.1 Å². The molecule has 8 N–H and O–H groups in total. The van der Waals surface area contributed by atoms with Gasteiger partial charge in [-0.2, -0.15) is 0 Å². The van der Waals surface area contributed by atoms with Gasteiger partial charge in [0.25, 0.3) is 5.56 Å².